The summed E-state index contributed by atoms with van der Waals surface area (Å²) < 4.78 is 1.92. The van der Waals surface area contributed by atoms with Crippen molar-refractivity contribution >= 4 is 12.1 Å². The Kier molecular flexibility index (Phi) is 4.49. The summed E-state index contributed by atoms with van der Waals surface area (Å²) in [6.45, 7) is 0. The van der Waals surface area contributed by atoms with E-state index in [0.29, 0.717) is 11.5 Å². The highest BCUT2D eigenvalue weighted by Crippen LogP contribution is 2.16. The number of hydrazone groups is 1. The Labute approximate surface area is 130 Å². The van der Waals surface area contributed by atoms with Gasteiger partial charge in [0.15, 0.2) is 0 Å². The van der Waals surface area contributed by atoms with E-state index in [9.17, 15) is 4.79 Å². The highest BCUT2D eigenvalue weighted by Gasteiger charge is 2.11. The average Bonchev–Trinajstić information content (AvgIpc) is 3.10. The third kappa shape index (κ3) is 3.34. The van der Waals surface area contributed by atoms with Gasteiger partial charge in [-0.05, 0) is 49.4 Å². The van der Waals surface area contributed by atoms with Crippen molar-refractivity contribution in [2.75, 3.05) is 0 Å². The molecule has 1 aromatic heterocycles. The number of nitrogens with one attached hydrogen (secondary N) is 1. The van der Waals surface area contributed by atoms with Gasteiger partial charge in [-0.3, -0.25) is 4.79 Å². The summed E-state index contributed by atoms with van der Waals surface area (Å²) in [5.41, 5.74) is 4.10. The number of rotatable bonds is 4. The van der Waals surface area contributed by atoms with Crippen LogP contribution in [0.2, 0.25) is 0 Å². The van der Waals surface area contributed by atoms with Gasteiger partial charge in [0, 0.05) is 18.6 Å². The summed E-state index contributed by atoms with van der Waals surface area (Å²) in [6.07, 6.45) is 13.2. The molecule has 1 aromatic carbocycles. The number of amides is 1. The van der Waals surface area contributed by atoms with Gasteiger partial charge in [-0.25, -0.2) is 5.43 Å². The summed E-state index contributed by atoms with van der Waals surface area (Å²) in [6, 6.07) is 11.4. The van der Waals surface area contributed by atoms with E-state index in [1.54, 1.807) is 0 Å². The van der Waals surface area contributed by atoms with Crippen LogP contribution in [0.5, 0.6) is 0 Å². The maximum absolute atomic E-state index is 12.4. The standard InChI is InChI=1S/C18H19N3O/c22-18(20-19-14-15-8-2-1-3-9-15)16-10-4-5-11-17(16)21-12-6-7-13-21/h1-2,4-7,10-15H,3,8-9H2,(H,20,22)/b19-14-/t15-/m1/s1. The zero-order valence-electron chi connectivity index (χ0n) is 12.4. The van der Waals surface area contributed by atoms with Crippen LogP contribution >= 0.6 is 0 Å². The molecular formula is C18H19N3O. The molecule has 0 unspecified atom stereocenters. The van der Waals surface area contributed by atoms with E-state index >= 15 is 0 Å². The van der Waals surface area contributed by atoms with Crippen LogP contribution in [0.1, 0.15) is 29.6 Å². The number of para-hydroxylation sites is 1. The van der Waals surface area contributed by atoms with Crippen molar-refractivity contribution in [1.82, 2.24) is 9.99 Å². The Morgan fingerprint density at radius 3 is 2.77 bits per heavy atom. The molecule has 0 saturated carbocycles. The number of allylic oxidation sites excluding steroid dienone is 2. The lowest BCUT2D eigenvalue weighted by Crippen LogP contribution is -2.20. The van der Waals surface area contributed by atoms with Gasteiger partial charge in [0.2, 0.25) is 0 Å². The van der Waals surface area contributed by atoms with Crippen LogP contribution in [0.25, 0.3) is 5.69 Å². The van der Waals surface area contributed by atoms with Crippen molar-refractivity contribution in [2.45, 2.75) is 19.3 Å². The third-order valence-corrected chi connectivity index (χ3v) is 3.79. The van der Waals surface area contributed by atoms with E-state index in [0.717, 1.165) is 24.9 Å². The van der Waals surface area contributed by atoms with Gasteiger partial charge in [0.1, 0.15) is 0 Å². The molecule has 0 saturated heterocycles. The average molecular weight is 293 g/mol. The quantitative estimate of drug-likeness (QED) is 0.523. The van der Waals surface area contributed by atoms with E-state index in [4.69, 9.17) is 0 Å². The Balaban J connectivity index is 1.70. The minimum Gasteiger partial charge on any atom is -0.323 e. The van der Waals surface area contributed by atoms with Crippen molar-refractivity contribution < 1.29 is 4.79 Å². The van der Waals surface area contributed by atoms with Gasteiger partial charge in [-0.2, -0.15) is 5.10 Å². The lowest BCUT2D eigenvalue weighted by atomic mass is 9.96. The van der Waals surface area contributed by atoms with Crippen LogP contribution in [0, 0.1) is 5.92 Å². The Morgan fingerprint density at radius 2 is 2.00 bits per heavy atom. The summed E-state index contributed by atoms with van der Waals surface area (Å²) in [5.74, 6) is 0.233. The minimum absolute atomic E-state index is 0.188. The Morgan fingerprint density at radius 1 is 1.18 bits per heavy atom. The first-order chi connectivity index (χ1) is 10.8. The first-order valence-corrected chi connectivity index (χ1v) is 7.55. The van der Waals surface area contributed by atoms with Crippen LogP contribution in [-0.2, 0) is 0 Å². The van der Waals surface area contributed by atoms with E-state index in [1.807, 2.05) is 59.6 Å². The van der Waals surface area contributed by atoms with Gasteiger partial charge in [-0.15, -0.1) is 0 Å². The highest BCUT2D eigenvalue weighted by atomic mass is 16.2. The Bertz CT molecular complexity index is 686. The molecule has 4 heteroatoms. The number of nitrogens with zero attached hydrogens (tertiary/aromatic N) is 2. The monoisotopic (exact) mass is 293 g/mol. The van der Waals surface area contributed by atoms with E-state index in [-0.39, 0.29) is 5.91 Å². The molecule has 1 heterocycles. The smallest absolute Gasteiger partial charge is 0.273 e. The molecule has 4 nitrogen and oxygen atoms in total. The molecule has 0 spiro atoms. The maximum atomic E-state index is 12.4. The molecule has 0 bridgehead atoms. The second kappa shape index (κ2) is 6.89. The molecule has 2 aromatic rings. The first-order valence-electron chi connectivity index (χ1n) is 7.55. The molecular weight excluding hydrogens is 274 g/mol. The second-order valence-corrected chi connectivity index (χ2v) is 5.37. The summed E-state index contributed by atoms with van der Waals surface area (Å²) in [7, 11) is 0. The van der Waals surface area contributed by atoms with Crippen LogP contribution < -0.4 is 5.43 Å². The molecule has 22 heavy (non-hydrogen) atoms. The minimum atomic E-state index is -0.188. The predicted molar refractivity (Wildman–Crippen MR) is 88.2 cm³/mol. The zero-order valence-corrected chi connectivity index (χ0v) is 12.4. The van der Waals surface area contributed by atoms with Crippen molar-refractivity contribution in [3.63, 3.8) is 0 Å². The predicted octanol–water partition coefficient (Wildman–Crippen LogP) is 3.55. The topological polar surface area (TPSA) is 46.4 Å². The van der Waals surface area contributed by atoms with E-state index in [1.165, 1.54) is 0 Å². The zero-order chi connectivity index (χ0) is 15.2. The normalized spacial score (nSPS) is 17.7. The number of carbonyl (C=O) groups is 1. The maximum Gasteiger partial charge on any atom is 0.273 e. The van der Waals surface area contributed by atoms with Crippen LogP contribution in [-0.4, -0.2) is 16.7 Å². The number of hydrogen-bond donors (Lipinski definition) is 1. The van der Waals surface area contributed by atoms with Gasteiger partial charge < -0.3 is 4.57 Å². The summed E-state index contributed by atoms with van der Waals surface area (Å²) >= 11 is 0. The summed E-state index contributed by atoms with van der Waals surface area (Å²) in [4.78, 5) is 12.4. The van der Waals surface area contributed by atoms with Crippen molar-refractivity contribution in [3.05, 3.63) is 66.5 Å². The molecule has 1 aliphatic rings. The molecule has 1 atom stereocenters. The fraction of sp³-hybridized carbons (Fsp3) is 0.222. The van der Waals surface area contributed by atoms with Crippen LogP contribution in [0.15, 0.2) is 66.0 Å². The number of aromatic nitrogens is 1. The van der Waals surface area contributed by atoms with Crippen LogP contribution in [0.3, 0.4) is 0 Å². The second-order valence-electron chi connectivity index (χ2n) is 5.37. The van der Waals surface area contributed by atoms with Crippen molar-refractivity contribution in [1.29, 1.82) is 0 Å². The van der Waals surface area contributed by atoms with Gasteiger partial charge >= 0.3 is 0 Å². The molecule has 0 aliphatic heterocycles. The summed E-state index contributed by atoms with van der Waals surface area (Å²) in [5, 5.41) is 4.13. The fourth-order valence-corrected chi connectivity index (χ4v) is 2.60. The van der Waals surface area contributed by atoms with Crippen molar-refractivity contribution in [3.8, 4) is 5.69 Å². The SMILES string of the molecule is O=C(N/N=C\[C@@H]1CC=CCC1)c1ccccc1-n1cccc1. The number of benzene rings is 1. The lowest BCUT2D eigenvalue weighted by molar-refractivity contribution is 0.0955. The molecule has 0 fully saturated rings. The third-order valence-electron chi connectivity index (χ3n) is 3.79. The molecule has 1 aliphatic carbocycles. The van der Waals surface area contributed by atoms with E-state index < -0.39 is 0 Å². The van der Waals surface area contributed by atoms with Gasteiger partial charge in [0.25, 0.3) is 5.91 Å². The fourth-order valence-electron chi connectivity index (χ4n) is 2.60. The van der Waals surface area contributed by atoms with Crippen molar-refractivity contribution in [2.24, 2.45) is 11.0 Å². The lowest BCUT2D eigenvalue weighted by Gasteiger charge is -2.12. The Hall–Kier alpha value is -2.62. The van der Waals surface area contributed by atoms with E-state index in [2.05, 4.69) is 22.7 Å². The van der Waals surface area contributed by atoms with Gasteiger partial charge in [-0.1, -0.05) is 24.3 Å². The molecule has 3 rings (SSSR count). The highest BCUT2D eigenvalue weighted by molar-refractivity contribution is 5.97. The molecule has 0 radical (unpaired) electrons. The molecule has 1 amide bonds. The number of carbonyl (C=O) groups excluding carboxylic acids is 1. The largest absolute Gasteiger partial charge is 0.323 e. The molecule has 112 valence electrons. The van der Waals surface area contributed by atoms with Crippen LogP contribution in [0.4, 0.5) is 0 Å². The number of hydrogen-bond acceptors (Lipinski definition) is 2. The molecule has 1 N–H and O–H groups in total. The first kappa shape index (κ1) is 14.3. The van der Waals surface area contributed by atoms with Gasteiger partial charge in [0.05, 0.1) is 11.3 Å².